The number of hydrogen-bond donors (Lipinski definition) is 2. The molecule has 1 saturated heterocycles. The lowest BCUT2D eigenvalue weighted by Crippen LogP contribution is -2.46. The van der Waals surface area contributed by atoms with Gasteiger partial charge >= 0.3 is 11.2 Å². The highest BCUT2D eigenvalue weighted by Gasteiger charge is 2.34. The van der Waals surface area contributed by atoms with Crippen LogP contribution in [0.2, 0.25) is 0 Å². The fourth-order valence-electron chi connectivity index (χ4n) is 6.54. The van der Waals surface area contributed by atoms with Crippen LogP contribution in [-0.2, 0) is 13.1 Å². The quantitative estimate of drug-likeness (QED) is 0.305. The Morgan fingerprint density at radius 3 is 2.67 bits per heavy atom. The van der Waals surface area contributed by atoms with Crippen molar-refractivity contribution in [2.45, 2.75) is 25.4 Å². The van der Waals surface area contributed by atoms with Gasteiger partial charge in [-0.05, 0) is 60.4 Å². The fourth-order valence-corrected chi connectivity index (χ4v) is 6.54. The van der Waals surface area contributed by atoms with Crippen molar-refractivity contribution in [3.8, 4) is 11.5 Å². The molecule has 0 spiro atoms. The number of benzene rings is 2. The molecule has 42 heavy (non-hydrogen) atoms. The van der Waals surface area contributed by atoms with Gasteiger partial charge in [0.2, 0.25) is 0 Å². The van der Waals surface area contributed by atoms with E-state index >= 15 is 0 Å². The molecule has 0 saturated carbocycles. The number of hydrogen-bond acceptors (Lipinski definition) is 7. The molecule has 5 heterocycles. The maximum Gasteiger partial charge on any atom is 0.350 e. The molecule has 11 heteroatoms. The molecule has 0 unspecified atom stereocenters. The van der Waals surface area contributed by atoms with E-state index in [0.717, 1.165) is 53.3 Å². The molecule has 0 aliphatic carbocycles. The van der Waals surface area contributed by atoms with Gasteiger partial charge in [0.25, 0.3) is 5.56 Å². The molecule has 11 nitrogen and oxygen atoms in total. The highest BCUT2D eigenvalue weighted by atomic mass is 16.5. The van der Waals surface area contributed by atoms with Gasteiger partial charge in [-0.25, -0.2) is 4.79 Å². The van der Waals surface area contributed by atoms with Gasteiger partial charge < -0.3 is 24.0 Å². The van der Waals surface area contributed by atoms with Crippen molar-refractivity contribution in [1.82, 2.24) is 24.1 Å². The molecule has 2 aliphatic heterocycles. The molecular formula is C31H30N6O5. The van der Waals surface area contributed by atoms with Crippen LogP contribution in [0, 0.1) is 5.92 Å². The monoisotopic (exact) mass is 566 g/mol. The lowest BCUT2D eigenvalue weighted by atomic mass is 9.83. The molecule has 214 valence electrons. The molecule has 0 amide bonds. The van der Waals surface area contributed by atoms with E-state index in [1.807, 2.05) is 28.8 Å². The number of rotatable bonds is 6. The minimum atomic E-state index is -0.638. The predicted molar refractivity (Wildman–Crippen MR) is 160 cm³/mol. The number of piperidine rings is 1. The van der Waals surface area contributed by atoms with E-state index < -0.39 is 11.2 Å². The van der Waals surface area contributed by atoms with Gasteiger partial charge in [0.05, 0.1) is 26.0 Å². The Bertz CT molecular complexity index is 2050. The van der Waals surface area contributed by atoms with Gasteiger partial charge in [0, 0.05) is 60.3 Å². The molecule has 2 aromatic carbocycles. The van der Waals surface area contributed by atoms with Crippen LogP contribution in [0.25, 0.3) is 21.9 Å². The second-order valence-electron chi connectivity index (χ2n) is 11.0. The minimum absolute atomic E-state index is 0.0752. The number of aromatic amines is 2. The maximum absolute atomic E-state index is 13.2. The first-order chi connectivity index (χ1) is 20.4. The van der Waals surface area contributed by atoms with E-state index in [1.165, 1.54) is 6.21 Å². The Morgan fingerprint density at radius 2 is 1.83 bits per heavy atom. The number of methoxy groups -OCH3 is 2. The van der Waals surface area contributed by atoms with E-state index in [1.54, 1.807) is 38.5 Å². The molecule has 2 bridgehead atoms. The summed E-state index contributed by atoms with van der Waals surface area (Å²) < 4.78 is 13.7. The fraction of sp³-hybridized carbons (Fsp3) is 0.290. The van der Waals surface area contributed by atoms with Gasteiger partial charge in [0.1, 0.15) is 17.0 Å². The summed E-state index contributed by atoms with van der Waals surface area (Å²) in [5.74, 6) is 2.09. The third-order valence-electron chi connectivity index (χ3n) is 8.41. The van der Waals surface area contributed by atoms with Crippen molar-refractivity contribution in [1.29, 1.82) is 0 Å². The number of nitrogens with one attached hydrogen (secondary N) is 2. The zero-order valence-electron chi connectivity index (χ0n) is 23.3. The Morgan fingerprint density at radius 1 is 0.952 bits per heavy atom. The lowest BCUT2D eigenvalue weighted by Gasteiger charge is -2.42. The highest BCUT2D eigenvalue weighted by Crippen LogP contribution is 2.36. The van der Waals surface area contributed by atoms with Crippen LogP contribution in [0.15, 0.2) is 74.1 Å². The average Bonchev–Trinajstić information content (AvgIpc) is 3.35. The van der Waals surface area contributed by atoms with E-state index in [2.05, 4.69) is 26.0 Å². The number of nitrogens with zero attached hydrogens (tertiary/aromatic N) is 4. The molecule has 5 aromatic rings. The van der Waals surface area contributed by atoms with Gasteiger partial charge in [-0.3, -0.25) is 14.5 Å². The first kappa shape index (κ1) is 26.0. The second kappa shape index (κ2) is 10.2. The smallest absolute Gasteiger partial charge is 0.350 e. The summed E-state index contributed by atoms with van der Waals surface area (Å²) >= 11 is 0. The van der Waals surface area contributed by atoms with Crippen molar-refractivity contribution >= 4 is 28.2 Å². The van der Waals surface area contributed by atoms with Crippen molar-refractivity contribution in [2.75, 3.05) is 27.3 Å². The number of fused-ring (bicyclic) bond motifs is 7. The Labute approximate surface area is 239 Å². The van der Waals surface area contributed by atoms with Crippen LogP contribution in [0.4, 0.5) is 0 Å². The predicted octanol–water partition coefficient (Wildman–Crippen LogP) is 2.85. The Balaban J connectivity index is 1.17. The number of likely N-dealkylation sites (tertiary alicyclic amines) is 1. The van der Waals surface area contributed by atoms with E-state index in [-0.39, 0.29) is 11.1 Å². The van der Waals surface area contributed by atoms with Gasteiger partial charge in [-0.15, -0.1) is 4.68 Å². The summed E-state index contributed by atoms with van der Waals surface area (Å²) in [7, 11) is 3.20. The standard InChI is InChI=1S/C31H30N6O5/c1-41-22-7-8-24-23(12-22)28-29(33-24)30(39)37(31(40)34-28)32-13-18-6-9-26(42-2)21(10-18)17-35-14-19-11-20(16-35)25-4-3-5-27(38)36(25)15-19/h3-10,12-13,19-20,33H,11,14-17H2,1-2H3,(H,34,40)/b32-13+/t19-,20+/m0/s1. The van der Waals surface area contributed by atoms with Crippen LogP contribution in [-0.4, -0.2) is 57.6 Å². The Kier molecular flexibility index (Phi) is 6.31. The van der Waals surface area contributed by atoms with Crippen LogP contribution in [0.3, 0.4) is 0 Å². The summed E-state index contributed by atoms with van der Waals surface area (Å²) in [5, 5.41) is 4.94. The van der Waals surface area contributed by atoms with E-state index in [4.69, 9.17) is 9.47 Å². The summed E-state index contributed by atoms with van der Waals surface area (Å²) in [6, 6.07) is 16.6. The van der Waals surface area contributed by atoms with Gasteiger partial charge in [-0.1, -0.05) is 6.07 Å². The topological polar surface area (TPSA) is 127 Å². The third-order valence-corrected chi connectivity index (χ3v) is 8.41. The number of aromatic nitrogens is 4. The van der Waals surface area contributed by atoms with Crippen LogP contribution in [0.1, 0.15) is 29.2 Å². The molecule has 3 aromatic heterocycles. The lowest BCUT2D eigenvalue weighted by molar-refractivity contribution is 0.113. The zero-order valence-corrected chi connectivity index (χ0v) is 23.3. The molecule has 1 fully saturated rings. The maximum atomic E-state index is 13.2. The molecule has 7 rings (SSSR count). The molecule has 2 N–H and O–H groups in total. The van der Waals surface area contributed by atoms with Crippen LogP contribution >= 0.6 is 0 Å². The van der Waals surface area contributed by atoms with Crippen molar-refractivity contribution < 1.29 is 9.47 Å². The number of ether oxygens (including phenoxy) is 2. The van der Waals surface area contributed by atoms with Crippen molar-refractivity contribution in [2.24, 2.45) is 11.0 Å². The summed E-state index contributed by atoms with van der Waals surface area (Å²) in [4.78, 5) is 46.8. The zero-order chi connectivity index (χ0) is 29.0. The Hall–Kier alpha value is -4.90. The van der Waals surface area contributed by atoms with Gasteiger partial charge in [0.15, 0.2) is 0 Å². The first-order valence-electron chi connectivity index (χ1n) is 13.9. The summed E-state index contributed by atoms with van der Waals surface area (Å²) in [6.45, 7) is 3.14. The normalized spacial score (nSPS) is 18.5. The largest absolute Gasteiger partial charge is 0.497 e. The van der Waals surface area contributed by atoms with Crippen molar-refractivity contribution in [3.05, 3.63) is 103 Å². The third kappa shape index (κ3) is 4.42. The average molecular weight is 567 g/mol. The van der Waals surface area contributed by atoms with Crippen LogP contribution in [0.5, 0.6) is 11.5 Å². The highest BCUT2D eigenvalue weighted by molar-refractivity contribution is 6.04. The SMILES string of the molecule is COc1ccc2[nH]c3c(=O)n(/N=C/c4ccc(OC)c(CN5C[C@@H]6C[C@H](C5)c5cccc(=O)n5C6)c4)c(=O)[nH]c3c2c1. The van der Waals surface area contributed by atoms with Gasteiger partial charge in [-0.2, -0.15) is 5.10 Å². The van der Waals surface area contributed by atoms with E-state index in [0.29, 0.717) is 40.5 Å². The molecule has 2 aliphatic rings. The van der Waals surface area contributed by atoms with Crippen molar-refractivity contribution in [3.63, 3.8) is 0 Å². The second-order valence-corrected chi connectivity index (χ2v) is 11.0. The molecule has 2 atom stereocenters. The first-order valence-corrected chi connectivity index (χ1v) is 13.9. The summed E-state index contributed by atoms with van der Waals surface area (Å²) in [5.41, 5.74) is 3.08. The van der Waals surface area contributed by atoms with Crippen LogP contribution < -0.4 is 26.3 Å². The number of pyridine rings is 1. The minimum Gasteiger partial charge on any atom is -0.497 e. The van der Waals surface area contributed by atoms with E-state index in [9.17, 15) is 14.4 Å². The summed E-state index contributed by atoms with van der Waals surface area (Å²) in [6.07, 6.45) is 2.59. The molecule has 0 radical (unpaired) electrons. The molecular weight excluding hydrogens is 536 g/mol. The number of H-pyrrole nitrogens is 2.